The first-order valence-electron chi connectivity index (χ1n) is 6.76. The van der Waals surface area contributed by atoms with Gasteiger partial charge in [-0.25, -0.2) is 4.98 Å². The third kappa shape index (κ3) is 2.50. The van der Waals surface area contributed by atoms with Crippen molar-refractivity contribution < 1.29 is 0 Å². The van der Waals surface area contributed by atoms with Gasteiger partial charge in [0.05, 0.1) is 5.69 Å². The Morgan fingerprint density at radius 3 is 2.68 bits per heavy atom. The van der Waals surface area contributed by atoms with E-state index in [1.165, 1.54) is 16.7 Å². The van der Waals surface area contributed by atoms with E-state index < -0.39 is 0 Å². The molecule has 98 valence electrons. The van der Waals surface area contributed by atoms with E-state index in [0.29, 0.717) is 11.1 Å². The van der Waals surface area contributed by atoms with E-state index in [4.69, 9.17) is 11.6 Å². The van der Waals surface area contributed by atoms with Gasteiger partial charge in [-0.1, -0.05) is 31.5 Å². The summed E-state index contributed by atoms with van der Waals surface area (Å²) in [6, 6.07) is 4.24. The van der Waals surface area contributed by atoms with Crippen LogP contribution in [0.3, 0.4) is 0 Å². The fourth-order valence-corrected chi connectivity index (χ4v) is 2.88. The molecule has 2 nitrogen and oxygen atoms in total. The quantitative estimate of drug-likeness (QED) is 0.770. The van der Waals surface area contributed by atoms with Gasteiger partial charge in [0, 0.05) is 18.0 Å². The van der Waals surface area contributed by atoms with Crippen molar-refractivity contribution in [3.63, 3.8) is 0 Å². The number of pyridine rings is 2. The van der Waals surface area contributed by atoms with Gasteiger partial charge in [-0.3, -0.25) is 4.98 Å². The average Bonchev–Trinajstić information content (AvgIpc) is 2.37. The molecule has 2 aromatic rings. The van der Waals surface area contributed by atoms with E-state index in [1.807, 2.05) is 18.5 Å². The van der Waals surface area contributed by atoms with Crippen LogP contribution >= 0.6 is 11.6 Å². The van der Waals surface area contributed by atoms with E-state index in [9.17, 15) is 0 Å². The predicted octanol–water partition coefficient (Wildman–Crippen LogP) is 4.09. The molecule has 0 saturated carbocycles. The Hall–Kier alpha value is -1.41. The van der Waals surface area contributed by atoms with E-state index in [0.717, 1.165) is 30.5 Å². The lowest BCUT2D eigenvalue weighted by Gasteiger charge is -2.19. The zero-order valence-electron chi connectivity index (χ0n) is 11.3. The van der Waals surface area contributed by atoms with Gasteiger partial charge in [0.15, 0.2) is 0 Å². The van der Waals surface area contributed by atoms with Crippen molar-refractivity contribution in [1.29, 1.82) is 0 Å². The molecular weight excluding hydrogens is 256 g/mol. The van der Waals surface area contributed by atoms with Crippen molar-refractivity contribution in [1.82, 2.24) is 9.97 Å². The number of aromatic nitrogens is 2. The Morgan fingerprint density at radius 2 is 1.89 bits per heavy atom. The van der Waals surface area contributed by atoms with Crippen molar-refractivity contribution in [2.24, 2.45) is 5.92 Å². The second-order valence-corrected chi connectivity index (χ2v) is 6.00. The molecule has 0 unspecified atom stereocenters. The summed E-state index contributed by atoms with van der Waals surface area (Å²) >= 11 is 6.00. The van der Waals surface area contributed by atoms with Crippen molar-refractivity contribution in [3.8, 4) is 11.3 Å². The molecule has 2 aromatic heterocycles. The summed E-state index contributed by atoms with van der Waals surface area (Å²) in [7, 11) is 0. The van der Waals surface area contributed by atoms with Crippen molar-refractivity contribution in [2.45, 2.75) is 33.1 Å². The Balaban J connectivity index is 2.05. The fraction of sp³-hybridized carbons (Fsp3) is 0.375. The number of rotatable bonds is 2. The van der Waals surface area contributed by atoms with Crippen LogP contribution in [-0.4, -0.2) is 9.97 Å². The monoisotopic (exact) mass is 272 g/mol. The standard InChI is InChI=1S/C16H17ClN2/c1-10(2)5-11-6-12-3-4-13-9-18-15(17)7-14(13)16(12)19-8-11/h6-10H,3-5H2,1-2H3. The third-order valence-electron chi connectivity index (χ3n) is 3.54. The van der Waals surface area contributed by atoms with Crippen LogP contribution in [0.2, 0.25) is 5.15 Å². The van der Waals surface area contributed by atoms with Crippen LogP contribution in [0.15, 0.2) is 24.5 Å². The molecule has 0 saturated heterocycles. The molecule has 0 amide bonds. The molecule has 0 fully saturated rings. The van der Waals surface area contributed by atoms with Gasteiger partial charge in [0.25, 0.3) is 0 Å². The minimum Gasteiger partial charge on any atom is -0.256 e. The number of hydrogen-bond acceptors (Lipinski definition) is 2. The van der Waals surface area contributed by atoms with Gasteiger partial charge in [0.2, 0.25) is 0 Å². The highest BCUT2D eigenvalue weighted by Gasteiger charge is 2.18. The molecule has 1 aliphatic rings. The lowest BCUT2D eigenvalue weighted by Crippen LogP contribution is -2.08. The predicted molar refractivity (Wildman–Crippen MR) is 78.4 cm³/mol. The van der Waals surface area contributed by atoms with Gasteiger partial charge in [-0.15, -0.1) is 0 Å². The minimum absolute atomic E-state index is 0.541. The molecule has 0 aromatic carbocycles. The lowest BCUT2D eigenvalue weighted by atomic mass is 9.89. The van der Waals surface area contributed by atoms with Crippen LogP contribution in [0.5, 0.6) is 0 Å². The number of halogens is 1. The molecule has 2 heterocycles. The van der Waals surface area contributed by atoms with E-state index in [-0.39, 0.29) is 0 Å². The van der Waals surface area contributed by atoms with Crippen LogP contribution in [0.4, 0.5) is 0 Å². The molecule has 0 N–H and O–H groups in total. The highest BCUT2D eigenvalue weighted by atomic mass is 35.5. The third-order valence-corrected chi connectivity index (χ3v) is 3.75. The summed E-state index contributed by atoms with van der Waals surface area (Å²) in [5.74, 6) is 0.661. The zero-order valence-corrected chi connectivity index (χ0v) is 12.0. The first-order valence-corrected chi connectivity index (χ1v) is 7.14. The SMILES string of the molecule is CC(C)Cc1cnc2c(c1)CCc1cnc(Cl)cc1-2. The summed E-state index contributed by atoms with van der Waals surface area (Å²) in [5.41, 5.74) is 6.15. The zero-order chi connectivity index (χ0) is 13.4. The van der Waals surface area contributed by atoms with Crippen LogP contribution in [0.25, 0.3) is 11.3 Å². The smallest absolute Gasteiger partial charge is 0.129 e. The Kier molecular flexibility index (Phi) is 3.28. The summed E-state index contributed by atoms with van der Waals surface area (Å²) in [6.45, 7) is 4.47. The minimum atomic E-state index is 0.541. The Bertz CT molecular complexity index is 620. The number of hydrogen-bond donors (Lipinski definition) is 0. The highest BCUT2D eigenvalue weighted by Crippen LogP contribution is 2.33. The molecule has 3 rings (SSSR count). The lowest BCUT2D eigenvalue weighted by molar-refractivity contribution is 0.644. The van der Waals surface area contributed by atoms with Crippen LogP contribution in [0, 0.1) is 5.92 Å². The molecule has 0 aliphatic heterocycles. The number of fused-ring (bicyclic) bond motifs is 3. The van der Waals surface area contributed by atoms with Gasteiger partial charge in [-0.05, 0) is 47.9 Å². The molecule has 3 heteroatoms. The number of aryl methyl sites for hydroxylation is 2. The first-order chi connectivity index (χ1) is 9.13. The van der Waals surface area contributed by atoms with Crippen molar-refractivity contribution in [3.05, 3.63) is 46.4 Å². The van der Waals surface area contributed by atoms with E-state index in [2.05, 4.69) is 29.9 Å². The maximum absolute atomic E-state index is 6.00. The molecule has 0 atom stereocenters. The van der Waals surface area contributed by atoms with Crippen LogP contribution < -0.4 is 0 Å². The average molecular weight is 273 g/mol. The van der Waals surface area contributed by atoms with Gasteiger partial charge in [-0.2, -0.15) is 0 Å². The van der Waals surface area contributed by atoms with Gasteiger partial charge in [0.1, 0.15) is 5.15 Å². The highest BCUT2D eigenvalue weighted by molar-refractivity contribution is 6.29. The largest absolute Gasteiger partial charge is 0.256 e. The molecule has 0 radical (unpaired) electrons. The fourth-order valence-electron chi connectivity index (χ4n) is 2.72. The van der Waals surface area contributed by atoms with Crippen LogP contribution in [-0.2, 0) is 19.3 Å². The molecule has 0 bridgehead atoms. The second-order valence-electron chi connectivity index (χ2n) is 5.61. The van der Waals surface area contributed by atoms with Crippen molar-refractivity contribution in [2.75, 3.05) is 0 Å². The second kappa shape index (κ2) is 4.93. The number of nitrogens with zero attached hydrogens (tertiary/aromatic N) is 2. The molecule has 0 spiro atoms. The maximum Gasteiger partial charge on any atom is 0.129 e. The Morgan fingerprint density at radius 1 is 1.11 bits per heavy atom. The van der Waals surface area contributed by atoms with E-state index >= 15 is 0 Å². The Labute approximate surface area is 118 Å². The molecule has 1 aliphatic carbocycles. The maximum atomic E-state index is 6.00. The molecular formula is C16H17ClN2. The summed E-state index contributed by atoms with van der Waals surface area (Å²) in [6.07, 6.45) is 7.04. The first kappa shape index (κ1) is 12.6. The van der Waals surface area contributed by atoms with Gasteiger partial charge < -0.3 is 0 Å². The van der Waals surface area contributed by atoms with Crippen molar-refractivity contribution >= 4 is 11.6 Å². The summed E-state index contributed by atoms with van der Waals surface area (Å²) in [5, 5.41) is 0.541. The normalized spacial score (nSPS) is 13.3. The summed E-state index contributed by atoms with van der Waals surface area (Å²) in [4.78, 5) is 8.83. The topological polar surface area (TPSA) is 25.8 Å². The van der Waals surface area contributed by atoms with Gasteiger partial charge >= 0.3 is 0 Å². The summed E-state index contributed by atoms with van der Waals surface area (Å²) < 4.78 is 0. The van der Waals surface area contributed by atoms with E-state index in [1.54, 1.807) is 0 Å². The molecule has 19 heavy (non-hydrogen) atoms. The van der Waals surface area contributed by atoms with Crippen LogP contribution in [0.1, 0.15) is 30.5 Å².